The van der Waals surface area contributed by atoms with Gasteiger partial charge in [0.2, 0.25) is 0 Å². The van der Waals surface area contributed by atoms with Crippen molar-refractivity contribution in [1.82, 2.24) is 0 Å². The fourth-order valence-corrected chi connectivity index (χ4v) is 3.47. The molecule has 2 N–H and O–H groups in total. The molecule has 1 aromatic carbocycles. The molecular formula is C16H20Cl2N2S. The summed E-state index contributed by atoms with van der Waals surface area (Å²) >= 11 is 13.8. The van der Waals surface area contributed by atoms with Crippen LogP contribution in [0.15, 0.2) is 30.3 Å². The quantitative estimate of drug-likeness (QED) is 0.506. The number of anilines is 2. The average molecular weight is 343 g/mol. The van der Waals surface area contributed by atoms with Gasteiger partial charge in [-0.1, -0.05) is 43.0 Å². The van der Waals surface area contributed by atoms with Crippen LogP contribution in [0.5, 0.6) is 0 Å². The highest BCUT2D eigenvalue weighted by atomic mass is 35.5. The van der Waals surface area contributed by atoms with Crippen LogP contribution in [0.25, 0.3) is 0 Å². The highest BCUT2D eigenvalue weighted by molar-refractivity contribution is 7.16. The van der Waals surface area contributed by atoms with Crippen LogP contribution in [0.3, 0.4) is 0 Å². The first-order valence-electron chi connectivity index (χ1n) is 7.14. The number of halogens is 2. The number of nitrogens with zero attached hydrogens (tertiary/aromatic N) is 1. The van der Waals surface area contributed by atoms with E-state index < -0.39 is 0 Å². The monoisotopic (exact) mass is 342 g/mol. The number of thiophene rings is 1. The summed E-state index contributed by atoms with van der Waals surface area (Å²) in [5, 5.41) is 0.609. The Balaban J connectivity index is 2.15. The van der Waals surface area contributed by atoms with Crippen LogP contribution in [-0.2, 0) is 6.54 Å². The third-order valence-corrected chi connectivity index (χ3v) is 4.90. The summed E-state index contributed by atoms with van der Waals surface area (Å²) < 4.78 is 0.828. The Labute approximate surface area is 140 Å². The third kappa shape index (κ3) is 4.80. The standard InChI is InChI=1S/C16H20Cl2N2S/c1-2-3-4-9-20(11-13-6-8-16(18)21-13)12-5-7-15(19)14(17)10-12/h5-8,10H,2-4,9,11,19H2,1H3. The van der Waals surface area contributed by atoms with E-state index in [9.17, 15) is 0 Å². The summed E-state index contributed by atoms with van der Waals surface area (Å²) in [5.41, 5.74) is 7.53. The maximum atomic E-state index is 6.16. The Hall–Kier alpha value is -0.900. The molecule has 0 saturated heterocycles. The molecule has 0 atom stereocenters. The molecule has 21 heavy (non-hydrogen) atoms. The number of hydrogen-bond acceptors (Lipinski definition) is 3. The van der Waals surface area contributed by atoms with Crippen LogP contribution in [0, 0.1) is 0 Å². The molecule has 0 radical (unpaired) electrons. The molecule has 0 amide bonds. The Bertz CT molecular complexity index is 583. The molecule has 5 heteroatoms. The first-order chi connectivity index (χ1) is 10.1. The summed E-state index contributed by atoms with van der Waals surface area (Å²) in [7, 11) is 0. The highest BCUT2D eigenvalue weighted by Gasteiger charge is 2.10. The summed E-state index contributed by atoms with van der Waals surface area (Å²) in [4.78, 5) is 3.59. The van der Waals surface area contributed by atoms with Crippen molar-refractivity contribution >= 4 is 45.9 Å². The second kappa shape index (κ2) is 7.92. The second-order valence-electron chi connectivity index (χ2n) is 5.04. The highest BCUT2D eigenvalue weighted by Crippen LogP contribution is 2.29. The van der Waals surface area contributed by atoms with Gasteiger partial charge in [-0.15, -0.1) is 11.3 Å². The lowest BCUT2D eigenvalue weighted by Gasteiger charge is -2.25. The summed E-state index contributed by atoms with van der Waals surface area (Å²) in [5.74, 6) is 0. The van der Waals surface area contributed by atoms with Crippen LogP contribution in [-0.4, -0.2) is 6.54 Å². The van der Waals surface area contributed by atoms with Gasteiger partial charge in [0, 0.05) is 17.1 Å². The fourth-order valence-electron chi connectivity index (χ4n) is 2.19. The van der Waals surface area contributed by atoms with Crippen molar-refractivity contribution < 1.29 is 0 Å². The van der Waals surface area contributed by atoms with Crippen molar-refractivity contribution in [2.75, 3.05) is 17.2 Å². The van der Waals surface area contributed by atoms with Gasteiger partial charge in [0.05, 0.1) is 21.6 Å². The maximum absolute atomic E-state index is 6.16. The first-order valence-corrected chi connectivity index (χ1v) is 8.71. The molecular weight excluding hydrogens is 323 g/mol. The molecule has 1 heterocycles. The minimum absolute atomic E-state index is 0.609. The van der Waals surface area contributed by atoms with Crippen molar-refractivity contribution in [2.45, 2.75) is 32.7 Å². The summed E-state index contributed by atoms with van der Waals surface area (Å²) in [6, 6.07) is 9.87. The van der Waals surface area contributed by atoms with Crippen molar-refractivity contribution in [3.63, 3.8) is 0 Å². The minimum atomic E-state index is 0.609. The van der Waals surface area contributed by atoms with Crippen molar-refractivity contribution in [1.29, 1.82) is 0 Å². The predicted octanol–water partition coefficient (Wildman–Crippen LogP) is 5.83. The van der Waals surface area contributed by atoms with Gasteiger partial charge in [0.1, 0.15) is 0 Å². The number of hydrogen-bond donors (Lipinski definition) is 1. The molecule has 2 rings (SSSR count). The van der Waals surface area contributed by atoms with E-state index in [1.165, 1.54) is 17.7 Å². The zero-order chi connectivity index (χ0) is 15.2. The molecule has 2 nitrogen and oxygen atoms in total. The number of nitrogens with two attached hydrogens (primary N) is 1. The molecule has 0 aliphatic carbocycles. The van der Waals surface area contributed by atoms with E-state index in [2.05, 4.69) is 17.9 Å². The van der Waals surface area contributed by atoms with Crippen LogP contribution >= 0.6 is 34.5 Å². The smallest absolute Gasteiger partial charge is 0.0931 e. The second-order valence-corrected chi connectivity index (χ2v) is 7.25. The lowest BCUT2D eigenvalue weighted by atomic mass is 10.2. The van der Waals surface area contributed by atoms with Gasteiger partial charge in [-0.05, 0) is 36.8 Å². The van der Waals surface area contributed by atoms with E-state index in [4.69, 9.17) is 28.9 Å². The molecule has 0 spiro atoms. The molecule has 1 aromatic heterocycles. The number of rotatable bonds is 7. The lowest BCUT2D eigenvalue weighted by molar-refractivity contribution is 0.677. The van der Waals surface area contributed by atoms with Gasteiger partial charge in [-0.2, -0.15) is 0 Å². The zero-order valence-corrected chi connectivity index (χ0v) is 14.4. The summed E-state index contributed by atoms with van der Waals surface area (Å²) in [6.45, 7) is 4.06. The van der Waals surface area contributed by atoms with E-state index in [1.807, 2.05) is 24.3 Å². The van der Waals surface area contributed by atoms with E-state index in [1.54, 1.807) is 11.3 Å². The van der Waals surface area contributed by atoms with E-state index >= 15 is 0 Å². The molecule has 0 aliphatic heterocycles. The Morgan fingerprint density at radius 3 is 2.57 bits per heavy atom. The number of unbranched alkanes of at least 4 members (excludes halogenated alkanes) is 2. The van der Waals surface area contributed by atoms with Gasteiger partial charge < -0.3 is 10.6 Å². The van der Waals surface area contributed by atoms with Gasteiger partial charge in [-0.3, -0.25) is 0 Å². The molecule has 0 unspecified atom stereocenters. The third-order valence-electron chi connectivity index (χ3n) is 3.36. The van der Waals surface area contributed by atoms with Gasteiger partial charge in [-0.25, -0.2) is 0 Å². The molecule has 0 bridgehead atoms. The molecule has 0 aliphatic rings. The van der Waals surface area contributed by atoms with Crippen LogP contribution < -0.4 is 10.6 Å². The first kappa shape index (κ1) is 16.5. The average Bonchev–Trinajstić information content (AvgIpc) is 2.86. The lowest BCUT2D eigenvalue weighted by Crippen LogP contribution is -2.23. The van der Waals surface area contributed by atoms with E-state index in [-0.39, 0.29) is 0 Å². The van der Waals surface area contributed by atoms with Crippen molar-refractivity contribution in [2.24, 2.45) is 0 Å². The fraction of sp³-hybridized carbons (Fsp3) is 0.375. The number of nitrogen functional groups attached to an aromatic ring is 1. The van der Waals surface area contributed by atoms with Crippen LogP contribution in [0.4, 0.5) is 11.4 Å². The maximum Gasteiger partial charge on any atom is 0.0931 e. The largest absolute Gasteiger partial charge is 0.398 e. The zero-order valence-electron chi connectivity index (χ0n) is 12.1. The van der Waals surface area contributed by atoms with E-state index in [0.717, 1.165) is 29.5 Å². The topological polar surface area (TPSA) is 29.3 Å². The Morgan fingerprint density at radius 2 is 1.95 bits per heavy atom. The van der Waals surface area contributed by atoms with Crippen molar-refractivity contribution in [3.8, 4) is 0 Å². The predicted molar refractivity (Wildman–Crippen MR) is 95.8 cm³/mol. The minimum Gasteiger partial charge on any atom is -0.398 e. The Kier molecular flexibility index (Phi) is 6.22. The Morgan fingerprint density at radius 1 is 1.14 bits per heavy atom. The van der Waals surface area contributed by atoms with Gasteiger partial charge in [0.15, 0.2) is 0 Å². The van der Waals surface area contributed by atoms with Gasteiger partial charge >= 0.3 is 0 Å². The molecule has 2 aromatic rings. The summed E-state index contributed by atoms with van der Waals surface area (Å²) in [6.07, 6.45) is 3.60. The van der Waals surface area contributed by atoms with Gasteiger partial charge in [0.25, 0.3) is 0 Å². The SMILES string of the molecule is CCCCCN(Cc1ccc(Cl)s1)c1ccc(N)c(Cl)c1. The van der Waals surface area contributed by atoms with Crippen LogP contribution in [0.1, 0.15) is 31.1 Å². The van der Waals surface area contributed by atoms with Crippen molar-refractivity contribution in [3.05, 3.63) is 44.6 Å². The molecule has 0 fully saturated rings. The van der Waals surface area contributed by atoms with Crippen LogP contribution in [0.2, 0.25) is 9.36 Å². The molecule has 114 valence electrons. The normalized spacial score (nSPS) is 10.8. The number of benzene rings is 1. The molecule has 0 saturated carbocycles. The van der Waals surface area contributed by atoms with E-state index in [0.29, 0.717) is 10.7 Å².